The molecule has 0 unspecified atom stereocenters. The topological polar surface area (TPSA) is 4.36 Å². The summed E-state index contributed by atoms with van der Waals surface area (Å²) in [6.45, 7) is 6.48. The van der Waals surface area contributed by atoms with Crippen LogP contribution in [-0.2, 0) is 0 Å². The number of rotatable bonds is 0. The van der Waals surface area contributed by atoms with Crippen molar-refractivity contribution in [3.05, 3.63) is 22.6 Å². The van der Waals surface area contributed by atoms with Crippen LogP contribution in [0.4, 0.5) is 0 Å². The zero-order chi connectivity index (χ0) is 5.28. The Morgan fingerprint density at radius 3 is 2.29 bits per heavy atom. The fraction of sp³-hybridized carbons (Fsp3) is 0.400. The molecule has 0 aromatic carbocycles. The van der Waals surface area contributed by atoms with Gasteiger partial charge in [0.1, 0.15) is 0 Å². The van der Waals surface area contributed by atoms with Crippen LogP contribution in [0.3, 0.4) is 0 Å². The fourth-order valence-electron chi connectivity index (χ4n) is 0.509. The van der Waals surface area contributed by atoms with Crippen molar-refractivity contribution >= 4 is 7.85 Å². The van der Waals surface area contributed by atoms with E-state index in [1.54, 1.807) is 0 Å². The molecule has 1 aliphatic rings. The molecule has 32 valence electrons. The smallest absolute Gasteiger partial charge is 0.155 e. The molecular weight excluding hydrogens is 84.9 g/mol. The van der Waals surface area contributed by atoms with Crippen LogP contribution in [0, 0.1) is 6.57 Å². The van der Waals surface area contributed by atoms with E-state index in [4.69, 9.17) is 14.4 Å². The van der Waals surface area contributed by atoms with Gasteiger partial charge in [0.25, 0.3) is 0 Å². The number of nitrogens with zero attached hydrogens (tertiary/aromatic N) is 1. The monoisotopic (exact) mass is 89.0 g/mol. The van der Waals surface area contributed by atoms with Crippen LogP contribution >= 0.6 is 0 Å². The van der Waals surface area contributed by atoms with Crippen molar-refractivity contribution in [3.8, 4) is 0 Å². The highest BCUT2D eigenvalue weighted by atomic mass is 14.7. The standard InChI is InChI=1S/C5H4BN/c1-7-5-3-2-4(5)6/h2-3H2. The summed E-state index contributed by atoms with van der Waals surface area (Å²) in [5.74, 6) is 0. The van der Waals surface area contributed by atoms with Crippen LogP contribution in [0.25, 0.3) is 4.85 Å². The first-order valence-electron chi connectivity index (χ1n) is 2.19. The maximum atomic E-state index is 6.48. The van der Waals surface area contributed by atoms with E-state index in [1.807, 2.05) is 0 Å². The number of allylic oxidation sites excluding steroid dienone is 2. The Bertz CT molecular complexity index is 152. The summed E-state index contributed by atoms with van der Waals surface area (Å²) in [4.78, 5) is 3.18. The van der Waals surface area contributed by atoms with Crippen LogP contribution in [0.5, 0.6) is 0 Å². The van der Waals surface area contributed by atoms with E-state index < -0.39 is 0 Å². The highest BCUT2D eigenvalue weighted by Gasteiger charge is 2.10. The summed E-state index contributed by atoms with van der Waals surface area (Å²) < 4.78 is 0. The lowest BCUT2D eigenvalue weighted by atomic mass is 9.80. The van der Waals surface area contributed by atoms with Crippen molar-refractivity contribution in [2.75, 3.05) is 0 Å². The highest BCUT2D eigenvalue weighted by Crippen LogP contribution is 2.25. The predicted octanol–water partition coefficient (Wildman–Crippen LogP) is 1.08. The maximum absolute atomic E-state index is 6.48. The summed E-state index contributed by atoms with van der Waals surface area (Å²) in [7, 11) is 5.30. The van der Waals surface area contributed by atoms with E-state index in [2.05, 4.69) is 4.85 Å². The molecule has 0 aliphatic heterocycles. The molecule has 0 atom stereocenters. The molecule has 7 heavy (non-hydrogen) atoms. The van der Waals surface area contributed by atoms with Crippen molar-refractivity contribution in [2.45, 2.75) is 12.8 Å². The maximum Gasteiger partial charge on any atom is 0.155 e. The molecule has 0 spiro atoms. The van der Waals surface area contributed by atoms with E-state index in [-0.39, 0.29) is 0 Å². The van der Waals surface area contributed by atoms with Crippen molar-refractivity contribution in [2.24, 2.45) is 0 Å². The first-order valence-corrected chi connectivity index (χ1v) is 2.19. The Morgan fingerprint density at radius 1 is 1.57 bits per heavy atom. The Kier molecular flexibility index (Phi) is 0.903. The van der Waals surface area contributed by atoms with Gasteiger partial charge in [-0.1, -0.05) is 6.42 Å². The quantitative estimate of drug-likeness (QED) is 0.309. The molecule has 1 nitrogen and oxygen atoms in total. The Morgan fingerprint density at radius 2 is 2.29 bits per heavy atom. The van der Waals surface area contributed by atoms with Gasteiger partial charge in [0, 0.05) is 0 Å². The molecule has 0 saturated heterocycles. The van der Waals surface area contributed by atoms with Crippen molar-refractivity contribution in [1.82, 2.24) is 0 Å². The molecular formula is C5H4BN. The van der Waals surface area contributed by atoms with Crippen LogP contribution in [-0.4, -0.2) is 7.85 Å². The van der Waals surface area contributed by atoms with Crippen LogP contribution in [0.1, 0.15) is 12.8 Å². The fourth-order valence-corrected chi connectivity index (χ4v) is 0.509. The third-order valence-electron chi connectivity index (χ3n) is 1.14. The van der Waals surface area contributed by atoms with Gasteiger partial charge in [-0.05, 0) is 6.42 Å². The average molecular weight is 88.9 g/mol. The number of hydrogen-bond acceptors (Lipinski definition) is 0. The second kappa shape index (κ2) is 1.42. The van der Waals surface area contributed by atoms with Crippen molar-refractivity contribution in [3.63, 3.8) is 0 Å². The first-order chi connectivity index (χ1) is 3.34. The van der Waals surface area contributed by atoms with Gasteiger partial charge in [-0.15, -0.1) is 5.47 Å². The van der Waals surface area contributed by atoms with Crippen LogP contribution in [0.2, 0.25) is 0 Å². The molecule has 2 radical (unpaired) electrons. The third-order valence-corrected chi connectivity index (χ3v) is 1.14. The summed E-state index contributed by atoms with van der Waals surface area (Å²) in [6.07, 6.45) is 1.83. The van der Waals surface area contributed by atoms with E-state index >= 15 is 0 Å². The van der Waals surface area contributed by atoms with E-state index in [0.29, 0.717) is 0 Å². The van der Waals surface area contributed by atoms with E-state index in [1.165, 1.54) is 0 Å². The molecule has 0 bridgehead atoms. The molecule has 0 aromatic heterocycles. The highest BCUT2D eigenvalue weighted by molar-refractivity contribution is 6.23. The number of hydrogen-bond donors (Lipinski definition) is 0. The first kappa shape index (κ1) is 4.45. The summed E-state index contributed by atoms with van der Waals surface area (Å²) in [6, 6.07) is 0. The Hall–Kier alpha value is -0.705. The predicted molar refractivity (Wildman–Crippen MR) is 28.6 cm³/mol. The average Bonchev–Trinajstić information content (AvgIpc) is 1.65. The van der Waals surface area contributed by atoms with Gasteiger partial charge in [0.15, 0.2) is 5.70 Å². The SMILES string of the molecule is [B]C1=C([N+]#[C-])CC1. The zero-order valence-corrected chi connectivity index (χ0v) is 3.94. The molecule has 0 fully saturated rings. The molecule has 0 saturated carbocycles. The molecule has 0 amide bonds. The second-order valence-corrected chi connectivity index (χ2v) is 1.58. The largest absolute Gasteiger partial charge is 0.244 e. The minimum absolute atomic E-state index is 0.764. The van der Waals surface area contributed by atoms with Gasteiger partial charge in [0.2, 0.25) is 0 Å². The van der Waals surface area contributed by atoms with Gasteiger partial charge in [-0.25, -0.2) is 4.85 Å². The molecule has 0 N–H and O–H groups in total. The molecule has 0 heterocycles. The van der Waals surface area contributed by atoms with Gasteiger partial charge in [-0.3, -0.25) is 0 Å². The lowest BCUT2D eigenvalue weighted by molar-refractivity contribution is 0.881. The Labute approximate surface area is 44.3 Å². The van der Waals surface area contributed by atoms with Crippen LogP contribution < -0.4 is 0 Å². The minimum Gasteiger partial charge on any atom is -0.244 e. The Balaban J connectivity index is 2.76. The van der Waals surface area contributed by atoms with Gasteiger partial charge >= 0.3 is 0 Å². The summed E-state index contributed by atoms with van der Waals surface area (Å²) in [5, 5.41) is 0. The van der Waals surface area contributed by atoms with Crippen molar-refractivity contribution in [1.29, 1.82) is 0 Å². The zero-order valence-electron chi connectivity index (χ0n) is 3.94. The summed E-state index contributed by atoms with van der Waals surface area (Å²) >= 11 is 0. The van der Waals surface area contributed by atoms with E-state index in [9.17, 15) is 0 Å². The molecule has 2 heteroatoms. The molecule has 1 aliphatic carbocycles. The molecule has 1 rings (SSSR count). The van der Waals surface area contributed by atoms with E-state index in [0.717, 1.165) is 24.0 Å². The minimum atomic E-state index is 0.764. The molecule has 0 aromatic rings. The van der Waals surface area contributed by atoms with Crippen LogP contribution in [0.15, 0.2) is 11.2 Å². The normalized spacial score (nSPS) is 18.1. The second-order valence-electron chi connectivity index (χ2n) is 1.58. The van der Waals surface area contributed by atoms with Gasteiger partial charge in [-0.2, -0.15) is 0 Å². The summed E-state index contributed by atoms with van der Waals surface area (Å²) in [5.41, 5.74) is 1.55. The third kappa shape index (κ3) is 0.542. The lowest BCUT2D eigenvalue weighted by Crippen LogP contribution is -1.99. The van der Waals surface area contributed by atoms with Crippen molar-refractivity contribution < 1.29 is 0 Å². The van der Waals surface area contributed by atoms with Gasteiger partial charge < -0.3 is 0 Å². The lowest BCUT2D eigenvalue weighted by Gasteiger charge is -2.12. The van der Waals surface area contributed by atoms with Gasteiger partial charge in [0.05, 0.1) is 14.4 Å².